The maximum absolute atomic E-state index is 10.8. The number of hydrogen-bond acceptors (Lipinski definition) is 3. The van der Waals surface area contributed by atoms with Gasteiger partial charge in [0.1, 0.15) is 5.65 Å². The minimum Gasteiger partial charge on any atom is -0.301 e. The Balaban J connectivity index is 0.000000924. The fourth-order valence-electron chi connectivity index (χ4n) is 2.45. The average molecular weight is 376 g/mol. The molecule has 0 aliphatic rings. The highest BCUT2D eigenvalue weighted by Crippen LogP contribution is 2.28. The van der Waals surface area contributed by atoms with Crippen molar-refractivity contribution in [3.05, 3.63) is 62.4 Å². The van der Waals surface area contributed by atoms with Crippen molar-refractivity contribution >= 4 is 32.7 Å². The number of nitrogens with zero attached hydrogens (tertiary/aromatic N) is 3. The van der Waals surface area contributed by atoms with Crippen LogP contribution in [0.4, 0.5) is 5.69 Å². The number of non-ortho nitro benzene ring substituents is 1. The first-order valence-electron chi connectivity index (χ1n) is 7.36. The van der Waals surface area contributed by atoms with Crippen molar-refractivity contribution in [2.75, 3.05) is 0 Å². The van der Waals surface area contributed by atoms with Gasteiger partial charge in [-0.15, -0.1) is 0 Å². The lowest BCUT2D eigenvalue weighted by Crippen LogP contribution is -1.98. The molecule has 2 heterocycles. The SMILES string of the molecule is CC.Cc1cc([N+](=O)[O-])ccc1-n1cc(C)c2cc(Br)cnc21. The zero-order valence-electron chi connectivity index (χ0n) is 13.5. The smallest absolute Gasteiger partial charge is 0.269 e. The molecule has 1 aromatic carbocycles. The molecule has 120 valence electrons. The molecule has 3 rings (SSSR count). The third-order valence-corrected chi connectivity index (χ3v) is 3.89. The summed E-state index contributed by atoms with van der Waals surface area (Å²) in [6.45, 7) is 7.88. The van der Waals surface area contributed by atoms with Crippen LogP contribution in [-0.2, 0) is 0 Å². The Morgan fingerprint density at radius 1 is 1.17 bits per heavy atom. The van der Waals surface area contributed by atoms with Gasteiger partial charge in [-0.2, -0.15) is 0 Å². The van der Waals surface area contributed by atoms with Crippen LogP contribution in [0.15, 0.2) is 41.1 Å². The maximum Gasteiger partial charge on any atom is 0.269 e. The summed E-state index contributed by atoms with van der Waals surface area (Å²) in [5.74, 6) is 0. The van der Waals surface area contributed by atoms with Gasteiger partial charge < -0.3 is 4.57 Å². The van der Waals surface area contributed by atoms with Crippen molar-refractivity contribution in [2.24, 2.45) is 0 Å². The topological polar surface area (TPSA) is 61.0 Å². The quantitative estimate of drug-likeness (QED) is 0.448. The van der Waals surface area contributed by atoms with E-state index in [1.807, 2.05) is 44.5 Å². The summed E-state index contributed by atoms with van der Waals surface area (Å²) in [7, 11) is 0. The molecule has 0 spiro atoms. The van der Waals surface area contributed by atoms with E-state index >= 15 is 0 Å². The van der Waals surface area contributed by atoms with Crippen molar-refractivity contribution in [2.45, 2.75) is 27.7 Å². The van der Waals surface area contributed by atoms with Gasteiger partial charge in [0.25, 0.3) is 5.69 Å². The summed E-state index contributed by atoms with van der Waals surface area (Å²) in [5, 5.41) is 11.9. The minimum absolute atomic E-state index is 0.0973. The Morgan fingerprint density at radius 3 is 2.48 bits per heavy atom. The van der Waals surface area contributed by atoms with Gasteiger partial charge in [-0.25, -0.2) is 4.98 Å². The Hall–Kier alpha value is -2.21. The lowest BCUT2D eigenvalue weighted by molar-refractivity contribution is -0.384. The number of rotatable bonds is 2. The average Bonchev–Trinajstić information content (AvgIpc) is 2.85. The third kappa shape index (κ3) is 3.27. The molecule has 6 heteroatoms. The summed E-state index contributed by atoms with van der Waals surface area (Å²) >= 11 is 3.43. The van der Waals surface area contributed by atoms with E-state index < -0.39 is 0 Å². The number of fused-ring (bicyclic) bond motifs is 1. The molecule has 0 saturated carbocycles. The molecule has 0 amide bonds. The second-order valence-electron chi connectivity index (χ2n) is 4.93. The Labute approximate surface area is 143 Å². The van der Waals surface area contributed by atoms with Gasteiger partial charge >= 0.3 is 0 Å². The molecular weight excluding hydrogens is 358 g/mol. The lowest BCUT2D eigenvalue weighted by Gasteiger charge is -2.08. The number of nitro benzene ring substituents is 1. The molecule has 0 atom stereocenters. The van der Waals surface area contributed by atoms with E-state index in [1.54, 1.807) is 18.3 Å². The first kappa shape index (κ1) is 17.1. The van der Waals surface area contributed by atoms with Crippen molar-refractivity contribution in [3.8, 4) is 5.69 Å². The molecule has 0 aliphatic heterocycles. The molecule has 2 aromatic heterocycles. The Bertz CT molecular complexity index is 872. The second-order valence-corrected chi connectivity index (χ2v) is 5.85. The van der Waals surface area contributed by atoms with E-state index in [-0.39, 0.29) is 10.6 Å². The molecule has 0 fully saturated rings. The predicted octanol–water partition coefficient (Wildman–Crippen LogP) is 5.34. The van der Waals surface area contributed by atoms with Crippen LogP contribution in [0.1, 0.15) is 25.0 Å². The van der Waals surface area contributed by atoms with Crippen LogP contribution in [0.25, 0.3) is 16.7 Å². The zero-order chi connectivity index (χ0) is 17.1. The van der Waals surface area contributed by atoms with Gasteiger partial charge in [0.05, 0.1) is 10.6 Å². The predicted molar refractivity (Wildman–Crippen MR) is 96.2 cm³/mol. The number of aromatic nitrogens is 2. The van der Waals surface area contributed by atoms with Crippen LogP contribution in [0.3, 0.4) is 0 Å². The number of pyridine rings is 1. The lowest BCUT2D eigenvalue weighted by atomic mass is 10.2. The molecule has 0 bridgehead atoms. The highest BCUT2D eigenvalue weighted by Gasteiger charge is 2.13. The van der Waals surface area contributed by atoms with E-state index in [9.17, 15) is 10.1 Å². The summed E-state index contributed by atoms with van der Waals surface area (Å²) in [5.41, 5.74) is 3.78. The largest absolute Gasteiger partial charge is 0.301 e. The van der Waals surface area contributed by atoms with Gasteiger partial charge in [-0.1, -0.05) is 13.8 Å². The molecule has 3 aromatic rings. The highest BCUT2D eigenvalue weighted by molar-refractivity contribution is 9.10. The van der Waals surface area contributed by atoms with Crippen LogP contribution in [0.5, 0.6) is 0 Å². The van der Waals surface area contributed by atoms with Gasteiger partial charge in [0.15, 0.2) is 0 Å². The van der Waals surface area contributed by atoms with Crippen LogP contribution >= 0.6 is 15.9 Å². The van der Waals surface area contributed by atoms with Crippen LogP contribution in [-0.4, -0.2) is 14.5 Å². The fourth-order valence-corrected chi connectivity index (χ4v) is 2.78. The van der Waals surface area contributed by atoms with Gasteiger partial charge in [-0.3, -0.25) is 10.1 Å². The van der Waals surface area contributed by atoms with E-state index in [2.05, 4.69) is 20.9 Å². The van der Waals surface area contributed by atoms with Gasteiger partial charge in [-0.05, 0) is 53.0 Å². The number of benzene rings is 1. The standard InChI is InChI=1S/C15H12BrN3O2.C2H6/c1-9-5-12(19(20)21)3-4-14(9)18-8-10(2)13-6-11(16)7-17-15(13)18;1-2/h3-8H,1-2H3;1-2H3. The monoisotopic (exact) mass is 375 g/mol. The van der Waals surface area contributed by atoms with E-state index in [0.717, 1.165) is 32.3 Å². The van der Waals surface area contributed by atoms with Gasteiger partial charge in [0.2, 0.25) is 0 Å². The van der Waals surface area contributed by atoms with Crippen LogP contribution in [0.2, 0.25) is 0 Å². The normalized spacial score (nSPS) is 10.3. The summed E-state index contributed by atoms with van der Waals surface area (Å²) in [6, 6.07) is 6.88. The van der Waals surface area contributed by atoms with Crippen molar-refractivity contribution in [1.29, 1.82) is 0 Å². The van der Waals surface area contributed by atoms with E-state index in [0.29, 0.717) is 0 Å². The molecule has 0 aliphatic carbocycles. The van der Waals surface area contributed by atoms with Crippen LogP contribution < -0.4 is 0 Å². The highest BCUT2D eigenvalue weighted by atomic mass is 79.9. The van der Waals surface area contributed by atoms with Crippen molar-refractivity contribution < 1.29 is 4.92 Å². The second kappa shape index (κ2) is 6.91. The van der Waals surface area contributed by atoms with Gasteiger partial charge in [0, 0.05) is 34.4 Å². The zero-order valence-corrected chi connectivity index (χ0v) is 15.1. The molecule has 0 unspecified atom stereocenters. The number of hydrogen-bond donors (Lipinski definition) is 0. The number of aryl methyl sites for hydroxylation is 2. The third-order valence-electron chi connectivity index (χ3n) is 3.46. The molecule has 0 saturated heterocycles. The minimum atomic E-state index is -0.384. The molecule has 23 heavy (non-hydrogen) atoms. The van der Waals surface area contributed by atoms with E-state index in [1.165, 1.54) is 6.07 Å². The first-order valence-corrected chi connectivity index (χ1v) is 8.15. The summed E-state index contributed by atoms with van der Waals surface area (Å²) < 4.78 is 2.90. The Kier molecular flexibility index (Phi) is 5.15. The van der Waals surface area contributed by atoms with E-state index in [4.69, 9.17) is 0 Å². The Morgan fingerprint density at radius 2 is 1.87 bits per heavy atom. The molecule has 0 N–H and O–H groups in total. The molecular formula is C17H18BrN3O2. The number of halogens is 1. The molecule has 5 nitrogen and oxygen atoms in total. The number of nitro groups is 1. The first-order chi connectivity index (χ1) is 11.0. The van der Waals surface area contributed by atoms with Crippen LogP contribution in [0, 0.1) is 24.0 Å². The fraction of sp³-hybridized carbons (Fsp3) is 0.235. The van der Waals surface area contributed by atoms with Crippen molar-refractivity contribution in [1.82, 2.24) is 9.55 Å². The molecule has 0 radical (unpaired) electrons. The summed E-state index contributed by atoms with van der Waals surface area (Å²) in [6.07, 6.45) is 3.75. The maximum atomic E-state index is 10.8. The summed E-state index contributed by atoms with van der Waals surface area (Å²) in [4.78, 5) is 14.9. The van der Waals surface area contributed by atoms with Crippen molar-refractivity contribution in [3.63, 3.8) is 0 Å².